The molecule has 0 aliphatic carbocycles. The van der Waals surface area contributed by atoms with E-state index in [0.29, 0.717) is 28.8 Å². The number of carbonyl (C=O) groups excluding carboxylic acids is 4. The number of benzene rings is 1. The van der Waals surface area contributed by atoms with Crippen LogP contribution < -0.4 is 10.6 Å². The first-order valence-corrected chi connectivity index (χ1v) is 12.2. The van der Waals surface area contributed by atoms with E-state index < -0.39 is 29.3 Å². The van der Waals surface area contributed by atoms with Crippen molar-refractivity contribution in [1.29, 1.82) is 0 Å². The van der Waals surface area contributed by atoms with Crippen molar-refractivity contribution < 1.29 is 28.0 Å². The molecular formula is C25H29F2N3O4S. The summed E-state index contributed by atoms with van der Waals surface area (Å²) >= 11 is 1.19. The summed E-state index contributed by atoms with van der Waals surface area (Å²) in [7, 11) is 0. The number of rotatable bonds is 9. The smallest absolute Gasteiger partial charge is 0.346 e. The third-order valence-corrected chi connectivity index (χ3v) is 7.08. The molecule has 1 aromatic heterocycles. The first kappa shape index (κ1) is 26.5. The number of halogens is 2. The van der Waals surface area contributed by atoms with Crippen LogP contribution in [0.15, 0.2) is 29.6 Å². The van der Waals surface area contributed by atoms with E-state index in [1.165, 1.54) is 28.4 Å². The summed E-state index contributed by atoms with van der Waals surface area (Å²) in [5.74, 6) is -6.09. The molecule has 10 heteroatoms. The fourth-order valence-corrected chi connectivity index (χ4v) is 4.99. The van der Waals surface area contributed by atoms with Crippen molar-refractivity contribution in [3.8, 4) is 0 Å². The molecule has 2 heterocycles. The lowest BCUT2D eigenvalue weighted by Crippen LogP contribution is -2.46. The summed E-state index contributed by atoms with van der Waals surface area (Å²) < 4.78 is 29.6. The molecule has 1 aliphatic rings. The zero-order valence-corrected chi connectivity index (χ0v) is 20.9. The minimum absolute atomic E-state index is 0.102. The average molecular weight is 506 g/mol. The van der Waals surface area contributed by atoms with Gasteiger partial charge in [0.15, 0.2) is 0 Å². The molecule has 1 aromatic carbocycles. The van der Waals surface area contributed by atoms with Crippen molar-refractivity contribution >= 4 is 35.5 Å². The summed E-state index contributed by atoms with van der Waals surface area (Å²) in [6, 6.07) is 4.89. The van der Waals surface area contributed by atoms with Crippen LogP contribution in [-0.2, 0) is 38.8 Å². The number of thiophene rings is 1. The fraction of sp³-hybridized carbons (Fsp3) is 0.440. The average Bonchev–Trinajstić information content (AvgIpc) is 3.35. The molecule has 2 aromatic rings. The predicted octanol–water partition coefficient (Wildman–Crippen LogP) is 3.85. The number of nitrogens with zero attached hydrogens (tertiary/aromatic N) is 1. The Bertz CT molecular complexity index is 1120. The molecule has 0 fully saturated rings. The maximum Gasteiger partial charge on any atom is 0.349 e. The van der Waals surface area contributed by atoms with Gasteiger partial charge in [-0.25, -0.2) is 0 Å². The Morgan fingerprint density at radius 2 is 1.80 bits per heavy atom. The van der Waals surface area contributed by atoms with Crippen LogP contribution in [0.25, 0.3) is 0 Å². The second-order valence-electron chi connectivity index (χ2n) is 9.50. The number of fused-ring (bicyclic) bond motifs is 1. The van der Waals surface area contributed by atoms with Gasteiger partial charge in [-0.1, -0.05) is 58.4 Å². The molecule has 2 N–H and O–H groups in total. The minimum atomic E-state index is -3.72. The van der Waals surface area contributed by atoms with E-state index in [-0.39, 0.29) is 30.8 Å². The van der Waals surface area contributed by atoms with E-state index in [4.69, 9.17) is 0 Å². The highest BCUT2D eigenvalue weighted by molar-refractivity contribution is 7.10. The van der Waals surface area contributed by atoms with Crippen LogP contribution in [0, 0.1) is 0 Å². The standard InChI is InChI=1S/C25H29F2N3O4S/c1-5-6-19(21(32)29-14-31)30-12-17-18(22(30)33)13-35-20(17)11-28-23(34)25(26,27)16-9-7-15(8-10-16)24(2,3)4/h7-10,13-14,19H,5-6,11-12H2,1-4H3,(H,28,34)(H,29,31,32). The highest BCUT2D eigenvalue weighted by Crippen LogP contribution is 2.34. The number of amides is 4. The van der Waals surface area contributed by atoms with E-state index in [2.05, 4.69) is 10.6 Å². The van der Waals surface area contributed by atoms with Crippen LogP contribution >= 0.6 is 11.3 Å². The second kappa shape index (κ2) is 10.2. The van der Waals surface area contributed by atoms with Crippen molar-refractivity contribution in [2.24, 2.45) is 0 Å². The van der Waals surface area contributed by atoms with Crippen LogP contribution in [-0.4, -0.2) is 35.1 Å². The maximum absolute atomic E-state index is 14.8. The lowest BCUT2D eigenvalue weighted by Gasteiger charge is -2.26. The zero-order chi connectivity index (χ0) is 26.0. The topological polar surface area (TPSA) is 95.6 Å². The predicted molar refractivity (Wildman–Crippen MR) is 128 cm³/mol. The van der Waals surface area contributed by atoms with Gasteiger partial charge in [-0.2, -0.15) is 8.78 Å². The number of alkyl halides is 2. The van der Waals surface area contributed by atoms with Crippen molar-refractivity contribution in [2.75, 3.05) is 0 Å². The van der Waals surface area contributed by atoms with Gasteiger partial charge in [0.05, 0.1) is 12.1 Å². The van der Waals surface area contributed by atoms with Gasteiger partial charge >= 0.3 is 5.92 Å². The summed E-state index contributed by atoms with van der Waals surface area (Å²) in [4.78, 5) is 50.2. The van der Waals surface area contributed by atoms with Crippen LogP contribution in [0.2, 0.25) is 0 Å². The molecule has 1 unspecified atom stereocenters. The first-order valence-electron chi connectivity index (χ1n) is 11.3. The van der Waals surface area contributed by atoms with Crippen LogP contribution in [0.3, 0.4) is 0 Å². The van der Waals surface area contributed by atoms with Crippen molar-refractivity contribution in [3.63, 3.8) is 0 Å². The first-order chi connectivity index (χ1) is 16.4. The Morgan fingerprint density at radius 3 is 2.37 bits per heavy atom. The van der Waals surface area contributed by atoms with Crippen LogP contribution in [0.5, 0.6) is 0 Å². The number of carbonyl (C=O) groups is 4. The van der Waals surface area contributed by atoms with Gasteiger partial charge in [-0.3, -0.25) is 24.5 Å². The normalized spacial score (nSPS) is 14.5. The number of hydrogen-bond acceptors (Lipinski definition) is 5. The molecule has 0 bridgehead atoms. The third-order valence-electron chi connectivity index (χ3n) is 6.05. The lowest BCUT2D eigenvalue weighted by molar-refractivity contribution is -0.147. The highest BCUT2D eigenvalue weighted by Gasteiger charge is 2.42. The summed E-state index contributed by atoms with van der Waals surface area (Å²) in [6.07, 6.45) is 1.26. The van der Waals surface area contributed by atoms with Crippen molar-refractivity contribution in [1.82, 2.24) is 15.5 Å². The van der Waals surface area contributed by atoms with Crippen molar-refractivity contribution in [3.05, 3.63) is 56.8 Å². The fourth-order valence-electron chi connectivity index (χ4n) is 4.01. The molecule has 0 spiro atoms. The third kappa shape index (κ3) is 5.42. The zero-order valence-electron chi connectivity index (χ0n) is 20.1. The SMILES string of the molecule is CCCC(C(=O)NC=O)N1Cc2c(csc2CNC(=O)C(F)(F)c2ccc(C(C)(C)C)cc2)C1=O. The quantitative estimate of drug-likeness (QED) is 0.506. The number of hydrogen-bond donors (Lipinski definition) is 2. The van der Waals surface area contributed by atoms with E-state index in [0.717, 1.165) is 5.56 Å². The monoisotopic (exact) mass is 505 g/mol. The van der Waals surface area contributed by atoms with Crippen LogP contribution in [0.4, 0.5) is 8.78 Å². The Kier molecular flexibility index (Phi) is 7.74. The molecule has 1 atom stereocenters. The highest BCUT2D eigenvalue weighted by atomic mass is 32.1. The number of nitrogens with one attached hydrogen (secondary N) is 2. The van der Waals surface area contributed by atoms with Gasteiger partial charge < -0.3 is 10.2 Å². The van der Waals surface area contributed by atoms with Gasteiger partial charge in [0.2, 0.25) is 12.3 Å². The van der Waals surface area contributed by atoms with Crippen LogP contribution in [0.1, 0.15) is 72.5 Å². The van der Waals surface area contributed by atoms with Gasteiger partial charge in [-0.05, 0) is 23.0 Å². The van der Waals surface area contributed by atoms with Gasteiger partial charge in [-0.15, -0.1) is 11.3 Å². The lowest BCUT2D eigenvalue weighted by atomic mass is 9.86. The summed E-state index contributed by atoms with van der Waals surface area (Å²) in [5.41, 5.74) is 1.25. The van der Waals surface area contributed by atoms with E-state index in [9.17, 15) is 28.0 Å². The molecule has 0 radical (unpaired) electrons. The van der Waals surface area contributed by atoms with E-state index in [1.54, 1.807) is 17.5 Å². The van der Waals surface area contributed by atoms with E-state index in [1.807, 2.05) is 27.7 Å². The van der Waals surface area contributed by atoms with Gasteiger partial charge in [0.25, 0.3) is 11.8 Å². The molecule has 3 rings (SSSR count). The molecule has 1 aliphatic heterocycles. The Morgan fingerprint density at radius 1 is 1.17 bits per heavy atom. The van der Waals surface area contributed by atoms with Gasteiger partial charge in [0, 0.05) is 22.4 Å². The Labute approximate surface area is 206 Å². The number of imide groups is 1. The molecule has 35 heavy (non-hydrogen) atoms. The molecule has 188 valence electrons. The molecule has 7 nitrogen and oxygen atoms in total. The Hall–Kier alpha value is -3.14. The summed E-state index contributed by atoms with van der Waals surface area (Å²) in [6.45, 7) is 7.69. The van der Waals surface area contributed by atoms with Crippen molar-refractivity contribution in [2.45, 2.75) is 71.0 Å². The second-order valence-corrected chi connectivity index (χ2v) is 10.5. The maximum atomic E-state index is 14.8. The summed E-state index contributed by atoms with van der Waals surface area (Å²) in [5, 5.41) is 5.99. The molecule has 4 amide bonds. The molecular weight excluding hydrogens is 476 g/mol. The Balaban J connectivity index is 1.71. The van der Waals surface area contributed by atoms with E-state index >= 15 is 0 Å². The molecule has 0 saturated carbocycles. The molecule has 0 saturated heterocycles. The minimum Gasteiger partial charge on any atom is -0.346 e. The largest absolute Gasteiger partial charge is 0.349 e. The van der Waals surface area contributed by atoms with Gasteiger partial charge in [0.1, 0.15) is 6.04 Å².